The number of carbonyl (C=O) groups excluding carboxylic acids is 2. The second kappa shape index (κ2) is 9.90. The van der Waals surface area contributed by atoms with Crippen LogP contribution in [0, 0.1) is 5.92 Å². The van der Waals surface area contributed by atoms with Crippen LogP contribution >= 0.6 is 23.8 Å². The molecule has 0 bridgehead atoms. The maximum absolute atomic E-state index is 11.9. The van der Waals surface area contributed by atoms with E-state index in [-0.39, 0.29) is 22.8 Å². The number of nitrogens with one attached hydrogen (secondary N) is 2. The zero-order valence-electron chi connectivity index (χ0n) is 16.0. The lowest BCUT2D eigenvalue weighted by Crippen LogP contribution is -2.48. The molecular weight excluding hydrogens is 384 g/mol. The summed E-state index contributed by atoms with van der Waals surface area (Å²) in [6, 6.07) is 5.55. The van der Waals surface area contributed by atoms with Gasteiger partial charge in [-0.15, -0.1) is 0 Å². The molecule has 2 N–H and O–H groups in total. The molecule has 148 valence electrons. The van der Waals surface area contributed by atoms with Crippen LogP contribution in [0.1, 0.15) is 33.6 Å². The van der Waals surface area contributed by atoms with Crippen molar-refractivity contribution in [3.8, 4) is 0 Å². The minimum Gasteiger partial charge on any atom is -0.366 e. The first-order chi connectivity index (χ1) is 12.8. The highest BCUT2D eigenvalue weighted by Gasteiger charge is 2.22. The van der Waals surface area contributed by atoms with Crippen LogP contribution in [0.25, 0.3) is 0 Å². The van der Waals surface area contributed by atoms with Crippen LogP contribution in [0.3, 0.4) is 0 Å². The number of hydrogen-bond donors (Lipinski definition) is 2. The molecule has 8 heteroatoms. The van der Waals surface area contributed by atoms with Crippen LogP contribution in [-0.4, -0.2) is 48.0 Å². The van der Waals surface area contributed by atoms with Crippen molar-refractivity contribution in [3.63, 3.8) is 0 Å². The number of rotatable bonds is 5. The molecule has 0 spiro atoms. The Morgan fingerprint density at radius 3 is 2.48 bits per heavy atom. The molecule has 0 unspecified atom stereocenters. The van der Waals surface area contributed by atoms with Crippen molar-refractivity contribution in [2.75, 3.05) is 36.4 Å². The highest BCUT2D eigenvalue weighted by molar-refractivity contribution is 7.80. The summed E-state index contributed by atoms with van der Waals surface area (Å²) in [5.74, 6) is 0.326. The Kier molecular flexibility index (Phi) is 7.86. The summed E-state index contributed by atoms with van der Waals surface area (Å²) in [6.07, 6.45) is 0.940. The van der Waals surface area contributed by atoms with Gasteiger partial charge < -0.3 is 20.4 Å². The molecular formula is C19H27ClN4O2S. The molecule has 2 rings (SSSR count). The van der Waals surface area contributed by atoms with E-state index in [1.54, 1.807) is 6.07 Å². The summed E-state index contributed by atoms with van der Waals surface area (Å²) in [5.41, 5.74) is 1.69. The topological polar surface area (TPSA) is 64.7 Å². The van der Waals surface area contributed by atoms with E-state index in [1.165, 1.54) is 0 Å². The van der Waals surface area contributed by atoms with E-state index >= 15 is 0 Å². The molecule has 1 heterocycles. The molecule has 0 radical (unpaired) electrons. The molecule has 0 aromatic heterocycles. The second-order valence-electron chi connectivity index (χ2n) is 6.98. The first kappa shape index (κ1) is 21.4. The van der Waals surface area contributed by atoms with E-state index in [9.17, 15) is 9.59 Å². The SMILES string of the molecule is CCC(=O)N1CCN(c2ccc(Cl)cc2NC(=S)NC(=O)CC(C)C)CC1. The molecule has 1 aliphatic heterocycles. The molecule has 27 heavy (non-hydrogen) atoms. The summed E-state index contributed by atoms with van der Waals surface area (Å²) in [5, 5.41) is 6.63. The van der Waals surface area contributed by atoms with Crippen molar-refractivity contribution in [3.05, 3.63) is 23.2 Å². The molecule has 1 aromatic carbocycles. The van der Waals surface area contributed by atoms with Crippen LogP contribution in [-0.2, 0) is 9.59 Å². The summed E-state index contributed by atoms with van der Waals surface area (Å²) >= 11 is 11.4. The number of anilines is 2. The van der Waals surface area contributed by atoms with E-state index < -0.39 is 0 Å². The van der Waals surface area contributed by atoms with Crippen LogP contribution in [0.15, 0.2) is 18.2 Å². The molecule has 1 saturated heterocycles. The lowest BCUT2D eigenvalue weighted by Gasteiger charge is -2.37. The molecule has 2 amide bonds. The second-order valence-corrected chi connectivity index (χ2v) is 7.83. The third-order valence-electron chi connectivity index (χ3n) is 4.33. The van der Waals surface area contributed by atoms with Gasteiger partial charge in [-0.05, 0) is 36.3 Å². The van der Waals surface area contributed by atoms with Crippen LogP contribution in [0.5, 0.6) is 0 Å². The summed E-state index contributed by atoms with van der Waals surface area (Å²) in [4.78, 5) is 27.9. The average molecular weight is 411 g/mol. The maximum Gasteiger partial charge on any atom is 0.226 e. The van der Waals surface area contributed by atoms with Gasteiger partial charge in [0.15, 0.2) is 5.11 Å². The Morgan fingerprint density at radius 1 is 1.22 bits per heavy atom. The van der Waals surface area contributed by atoms with Gasteiger partial charge in [0, 0.05) is 44.0 Å². The number of nitrogens with zero attached hydrogens (tertiary/aromatic N) is 2. The molecule has 1 fully saturated rings. The van der Waals surface area contributed by atoms with Crippen LogP contribution < -0.4 is 15.5 Å². The van der Waals surface area contributed by atoms with Crippen molar-refractivity contribution in [2.45, 2.75) is 33.6 Å². The van der Waals surface area contributed by atoms with Gasteiger partial charge in [0.05, 0.1) is 11.4 Å². The van der Waals surface area contributed by atoms with Crippen molar-refractivity contribution in [1.29, 1.82) is 0 Å². The van der Waals surface area contributed by atoms with Crippen molar-refractivity contribution in [2.24, 2.45) is 5.92 Å². The molecule has 1 aromatic rings. The number of carbonyl (C=O) groups is 2. The summed E-state index contributed by atoms with van der Waals surface area (Å²) < 4.78 is 0. The minimum atomic E-state index is -0.113. The summed E-state index contributed by atoms with van der Waals surface area (Å²) in [7, 11) is 0. The number of hydrogen-bond acceptors (Lipinski definition) is 4. The Labute approximate surface area is 171 Å². The largest absolute Gasteiger partial charge is 0.366 e. The highest BCUT2D eigenvalue weighted by Crippen LogP contribution is 2.30. The van der Waals surface area contributed by atoms with Crippen molar-refractivity contribution < 1.29 is 9.59 Å². The fourth-order valence-corrected chi connectivity index (χ4v) is 3.40. The zero-order valence-corrected chi connectivity index (χ0v) is 17.6. The monoisotopic (exact) mass is 410 g/mol. The number of benzene rings is 1. The highest BCUT2D eigenvalue weighted by atomic mass is 35.5. The predicted molar refractivity (Wildman–Crippen MR) is 114 cm³/mol. The van der Waals surface area contributed by atoms with Crippen LogP contribution in [0.4, 0.5) is 11.4 Å². The van der Waals surface area contributed by atoms with Crippen LogP contribution in [0.2, 0.25) is 5.02 Å². The van der Waals surface area contributed by atoms with Gasteiger partial charge in [-0.1, -0.05) is 32.4 Å². The summed E-state index contributed by atoms with van der Waals surface area (Å²) in [6.45, 7) is 8.67. The van der Waals surface area contributed by atoms with Gasteiger partial charge in [-0.3, -0.25) is 9.59 Å². The first-order valence-corrected chi connectivity index (χ1v) is 10.0. The fourth-order valence-electron chi connectivity index (χ4n) is 3.01. The van der Waals surface area contributed by atoms with Gasteiger partial charge in [-0.25, -0.2) is 0 Å². The van der Waals surface area contributed by atoms with Crippen molar-refractivity contribution in [1.82, 2.24) is 10.2 Å². The number of piperazine rings is 1. The quantitative estimate of drug-likeness (QED) is 0.729. The van der Waals surface area contributed by atoms with E-state index in [2.05, 4.69) is 15.5 Å². The maximum atomic E-state index is 11.9. The predicted octanol–water partition coefficient (Wildman–Crippen LogP) is 3.26. The number of amides is 2. The minimum absolute atomic E-state index is 0.113. The molecule has 6 nitrogen and oxygen atoms in total. The third-order valence-corrected chi connectivity index (χ3v) is 4.77. The van der Waals surface area contributed by atoms with Gasteiger partial charge >= 0.3 is 0 Å². The lowest BCUT2D eigenvalue weighted by atomic mass is 10.1. The number of halogens is 1. The van der Waals surface area contributed by atoms with E-state index in [4.69, 9.17) is 23.8 Å². The van der Waals surface area contributed by atoms with Gasteiger partial charge in [-0.2, -0.15) is 0 Å². The van der Waals surface area contributed by atoms with E-state index in [0.717, 1.165) is 24.5 Å². The molecule has 1 aliphatic rings. The lowest BCUT2D eigenvalue weighted by molar-refractivity contribution is -0.131. The molecule has 0 saturated carbocycles. The molecule has 0 atom stereocenters. The third kappa shape index (κ3) is 6.36. The van der Waals surface area contributed by atoms with Gasteiger partial charge in [0.1, 0.15) is 0 Å². The number of thiocarbonyl (C=S) groups is 1. The Morgan fingerprint density at radius 2 is 1.89 bits per heavy atom. The molecule has 0 aliphatic carbocycles. The smallest absolute Gasteiger partial charge is 0.226 e. The van der Waals surface area contributed by atoms with Gasteiger partial charge in [0.2, 0.25) is 11.8 Å². The van der Waals surface area contributed by atoms with E-state index in [1.807, 2.05) is 37.8 Å². The standard InChI is InChI=1S/C19H27ClN4O2S/c1-4-18(26)24-9-7-23(8-10-24)16-6-5-14(20)12-15(16)21-19(27)22-17(25)11-13(2)3/h5-6,12-13H,4,7-11H2,1-3H3,(H2,21,22,25,27). The van der Waals surface area contributed by atoms with Crippen molar-refractivity contribution >= 4 is 52.1 Å². The fraction of sp³-hybridized carbons (Fsp3) is 0.526. The Balaban J connectivity index is 2.05. The van der Waals surface area contributed by atoms with E-state index in [0.29, 0.717) is 31.0 Å². The Bertz CT molecular complexity index is 703. The normalized spacial score (nSPS) is 14.3. The Hall–Kier alpha value is -1.86. The first-order valence-electron chi connectivity index (χ1n) is 9.23. The average Bonchev–Trinajstić information content (AvgIpc) is 2.60. The van der Waals surface area contributed by atoms with Gasteiger partial charge in [0.25, 0.3) is 0 Å². The zero-order chi connectivity index (χ0) is 20.0.